The third-order valence-electron chi connectivity index (χ3n) is 6.08. The highest BCUT2D eigenvalue weighted by atomic mass is 16.5. The summed E-state index contributed by atoms with van der Waals surface area (Å²) in [6.45, 7) is 5.10. The van der Waals surface area contributed by atoms with Gasteiger partial charge in [0.2, 0.25) is 0 Å². The molecular weight excluding hydrogens is 408 g/mol. The Morgan fingerprint density at radius 2 is 1.97 bits per heavy atom. The van der Waals surface area contributed by atoms with Crippen molar-refractivity contribution in [3.63, 3.8) is 0 Å². The van der Waals surface area contributed by atoms with Gasteiger partial charge in [-0.05, 0) is 67.6 Å². The minimum Gasteiger partial charge on any atom is -0.494 e. The summed E-state index contributed by atoms with van der Waals surface area (Å²) in [4.78, 5) is 27.4. The molecule has 1 atom stereocenters. The van der Waals surface area contributed by atoms with Crippen molar-refractivity contribution in [2.24, 2.45) is 0 Å². The van der Waals surface area contributed by atoms with Crippen molar-refractivity contribution in [3.8, 4) is 11.5 Å². The molecule has 2 aromatic rings. The van der Waals surface area contributed by atoms with Crippen LogP contribution in [0.1, 0.15) is 43.0 Å². The Labute approximate surface area is 188 Å². The lowest BCUT2D eigenvalue weighted by molar-refractivity contribution is -0.153. The first-order chi connectivity index (χ1) is 15.4. The van der Waals surface area contributed by atoms with Crippen molar-refractivity contribution in [2.45, 2.75) is 38.3 Å². The number of carbonyl (C=O) groups excluding carboxylic acids is 2. The number of fused-ring (bicyclic) bond motifs is 8. The van der Waals surface area contributed by atoms with Crippen LogP contribution in [0.4, 0.5) is 0 Å². The molecule has 1 N–H and O–H groups in total. The second kappa shape index (κ2) is 9.20. The van der Waals surface area contributed by atoms with Crippen LogP contribution in [0.3, 0.4) is 0 Å². The van der Waals surface area contributed by atoms with E-state index in [0.29, 0.717) is 38.3 Å². The third kappa shape index (κ3) is 4.58. The lowest BCUT2D eigenvalue weighted by Gasteiger charge is -2.41. The van der Waals surface area contributed by atoms with Gasteiger partial charge in [-0.15, -0.1) is 0 Å². The van der Waals surface area contributed by atoms with E-state index in [9.17, 15) is 9.59 Å². The van der Waals surface area contributed by atoms with Crippen molar-refractivity contribution in [1.82, 2.24) is 10.2 Å². The Hall–Kier alpha value is -3.06. The molecule has 0 aliphatic carbocycles. The summed E-state index contributed by atoms with van der Waals surface area (Å²) >= 11 is 0. The fourth-order valence-corrected chi connectivity index (χ4v) is 4.17. The summed E-state index contributed by atoms with van der Waals surface area (Å²) < 4.78 is 17.2. The van der Waals surface area contributed by atoms with Crippen LogP contribution in [0, 0.1) is 0 Å². The average molecular weight is 439 g/mol. The fourth-order valence-electron chi connectivity index (χ4n) is 4.17. The first-order valence-electron chi connectivity index (χ1n) is 11.0. The number of hydrogen-bond acceptors (Lipinski definition) is 5. The molecule has 3 heterocycles. The minimum absolute atomic E-state index is 0.0330. The van der Waals surface area contributed by atoms with Gasteiger partial charge in [0, 0.05) is 20.2 Å². The van der Waals surface area contributed by atoms with E-state index in [-0.39, 0.29) is 24.5 Å². The molecule has 0 aromatic heterocycles. The van der Waals surface area contributed by atoms with Crippen LogP contribution in [0.5, 0.6) is 11.5 Å². The number of nitrogens with zero attached hydrogens (tertiary/aromatic N) is 1. The topological polar surface area (TPSA) is 77.1 Å². The van der Waals surface area contributed by atoms with E-state index in [2.05, 4.69) is 5.32 Å². The van der Waals surface area contributed by atoms with Crippen molar-refractivity contribution in [3.05, 3.63) is 59.2 Å². The highest BCUT2D eigenvalue weighted by Gasteiger charge is 2.39. The van der Waals surface area contributed by atoms with Gasteiger partial charge in [0.15, 0.2) is 6.61 Å². The third-order valence-corrected chi connectivity index (χ3v) is 6.08. The van der Waals surface area contributed by atoms with Crippen molar-refractivity contribution in [2.75, 3.05) is 33.4 Å². The second-order valence-electron chi connectivity index (χ2n) is 8.64. The summed E-state index contributed by atoms with van der Waals surface area (Å²) in [6, 6.07) is 13.4. The Bertz CT molecular complexity index is 1000. The molecule has 7 heteroatoms. The number of benzene rings is 2. The maximum atomic E-state index is 13.5. The van der Waals surface area contributed by atoms with Gasteiger partial charge in [-0.1, -0.05) is 18.2 Å². The zero-order valence-corrected chi connectivity index (χ0v) is 18.8. The predicted octanol–water partition coefficient (Wildman–Crippen LogP) is 2.86. The molecule has 170 valence electrons. The molecule has 2 amide bonds. The number of methoxy groups -OCH3 is 1. The standard InChI is InChI=1S/C25H30N2O5/c1-25(2,30-3)24(29)27-12-10-17-14-20-8-9-21(17)23(27)18-6-4-7-19(15-18)31-13-5-11-26-22(28)16-32-20/h4,6-9,14-15,23H,5,10-13,16H2,1-3H3,(H,26,28). The highest BCUT2D eigenvalue weighted by Crippen LogP contribution is 2.39. The zero-order chi connectivity index (χ0) is 22.7. The number of rotatable bonds is 2. The first-order valence-corrected chi connectivity index (χ1v) is 11.0. The van der Waals surface area contributed by atoms with E-state index >= 15 is 0 Å². The normalized spacial score (nSPS) is 19.0. The van der Waals surface area contributed by atoms with Gasteiger partial charge in [-0.2, -0.15) is 0 Å². The second-order valence-corrected chi connectivity index (χ2v) is 8.64. The predicted molar refractivity (Wildman–Crippen MR) is 120 cm³/mol. The van der Waals surface area contributed by atoms with Gasteiger partial charge < -0.3 is 24.4 Å². The van der Waals surface area contributed by atoms with Crippen molar-refractivity contribution in [1.29, 1.82) is 0 Å². The number of nitrogens with one attached hydrogen (secondary N) is 1. The van der Waals surface area contributed by atoms with Crippen LogP contribution in [0.15, 0.2) is 42.5 Å². The molecule has 0 fully saturated rings. The molecular formula is C25H30N2O5. The van der Waals surface area contributed by atoms with E-state index in [1.54, 1.807) is 21.0 Å². The van der Waals surface area contributed by atoms with E-state index in [0.717, 1.165) is 22.4 Å². The van der Waals surface area contributed by atoms with Crippen molar-refractivity contribution < 1.29 is 23.8 Å². The quantitative estimate of drug-likeness (QED) is 0.780. The van der Waals surface area contributed by atoms with E-state index in [4.69, 9.17) is 14.2 Å². The first kappa shape index (κ1) is 22.1. The molecule has 1 unspecified atom stereocenters. The van der Waals surface area contributed by atoms with Crippen LogP contribution < -0.4 is 14.8 Å². The monoisotopic (exact) mass is 438 g/mol. The largest absolute Gasteiger partial charge is 0.494 e. The van der Waals surface area contributed by atoms with Crippen LogP contribution in [0.2, 0.25) is 0 Å². The number of ether oxygens (including phenoxy) is 3. The lowest BCUT2D eigenvalue weighted by atomic mass is 9.86. The summed E-state index contributed by atoms with van der Waals surface area (Å²) in [6.07, 6.45) is 1.38. The van der Waals surface area contributed by atoms with E-state index < -0.39 is 5.60 Å². The van der Waals surface area contributed by atoms with Crippen LogP contribution in [-0.4, -0.2) is 55.7 Å². The Balaban J connectivity index is 1.79. The van der Waals surface area contributed by atoms with Gasteiger partial charge >= 0.3 is 0 Å². The van der Waals surface area contributed by atoms with Gasteiger partial charge in [-0.3, -0.25) is 9.59 Å². The van der Waals surface area contributed by atoms with E-state index in [1.165, 1.54) is 0 Å². The summed E-state index contributed by atoms with van der Waals surface area (Å²) in [7, 11) is 1.56. The molecule has 3 aliphatic rings. The molecule has 5 rings (SSSR count). The van der Waals surface area contributed by atoms with Gasteiger partial charge in [0.25, 0.3) is 11.8 Å². The smallest absolute Gasteiger partial charge is 0.257 e. The maximum absolute atomic E-state index is 13.5. The molecule has 6 bridgehead atoms. The number of carbonyl (C=O) groups is 2. The molecule has 3 aliphatic heterocycles. The molecule has 0 saturated heterocycles. The fraction of sp³-hybridized carbons (Fsp3) is 0.440. The molecule has 0 spiro atoms. The lowest BCUT2D eigenvalue weighted by Crippen LogP contribution is -2.50. The van der Waals surface area contributed by atoms with Gasteiger partial charge in [0.05, 0.1) is 12.6 Å². The van der Waals surface area contributed by atoms with Crippen molar-refractivity contribution >= 4 is 11.8 Å². The van der Waals surface area contributed by atoms with Crippen LogP contribution in [-0.2, 0) is 20.7 Å². The average Bonchev–Trinajstić information content (AvgIpc) is 2.80. The van der Waals surface area contributed by atoms with Crippen LogP contribution in [0.25, 0.3) is 0 Å². The number of amides is 2. The molecule has 0 saturated carbocycles. The highest BCUT2D eigenvalue weighted by molar-refractivity contribution is 5.85. The summed E-state index contributed by atoms with van der Waals surface area (Å²) in [5.74, 6) is 1.17. The SMILES string of the molecule is COC(C)(C)C(=O)N1CCc2cc3ccc2C1c1cccc(c1)OCCCNC(=O)CO3. The maximum Gasteiger partial charge on any atom is 0.257 e. The molecule has 0 radical (unpaired) electrons. The Morgan fingerprint density at radius 1 is 1.16 bits per heavy atom. The minimum atomic E-state index is -0.933. The van der Waals surface area contributed by atoms with Crippen LogP contribution >= 0.6 is 0 Å². The van der Waals surface area contributed by atoms with E-state index in [1.807, 2.05) is 47.4 Å². The molecule has 32 heavy (non-hydrogen) atoms. The Morgan fingerprint density at radius 3 is 2.78 bits per heavy atom. The van der Waals surface area contributed by atoms with Gasteiger partial charge in [-0.25, -0.2) is 0 Å². The molecule has 7 nitrogen and oxygen atoms in total. The summed E-state index contributed by atoms with van der Waals surface area (Å²) in [5, 5.41) is 2.85. The zero-order valence-electron chi connectivity index (χ0n) is 18.8. The summed E-state index contributed by atoms with van der Waals surface area (Å²) in [5.41, 5.74) is 2.19. The molecule has 2 aromatic carbocycles. The Kier molecular flexibility index (Phi) is 6.37. The number of hydrogen-bond donors (Lipinski definition) is 1. The van der Waals surface area contributed by atoms with Gasteiger partial charge in [0.1, 0.15) is 17.1 Å².